The number of hydrogen-bond acceptors (Lipinski definition) is 7. The Morgan fingerprint density at radius 2 is 1.67 bits per heavy atom. The van der Waals surface area contributed by atoms with Gasteiger partial charge in [0.25, 0.3) is 12.9 Å². The quantitative estimate of drug-likeness (QED) is 0.316. The first-order valence-corrected chi connectivity index (χ1v) is 3.92. The lowest BCUT2D eigenvalue weighted by Crippen LogP contribution is -2.43. The van der Waals surface area contributed by atoms with Crippen molar-refractivity contribution in [2.24, 2.45) is 0 Å². The van der Waals surface area contributed by atoms with Crippen molar-refractivity contribution in [2.75, 3.05) is 7.11 Å². The monoisotopic (exact) mass is 218 g/mol. The first kappa shape index (κ1) is 13.4. The molecular formula is C7H11BO7. The van der Waals surface area contributed by atoms with Gasteiger partial charge in [-0.25, -0.2) is 4.79 Å². The van der Waals surface area contributed by atoms with E-state index in [-0.39, 0.29) is 12.9 Å². The van der Waals surface area contributed by atoms with E-state index in [0.717, 1.165) is 0 Å². The van der Waals surface area contributed by atoms with Crippen LogP contribution in [0.25, 0.3) is 0 Å². The second kappa shape index (κ2) is 6.02. The van der Waals surface area contributed by atoms with E-state index in [2.05, 4.69) is 14.0 Å². The largest absolute Gasteiger partial charge is 0.792 e. The third kappa shape index (κ3) is 4.45. The first-order valence-electron chi connectivity index (χ1n) is 3.92. The van der Waals surface area contributed by atoms with Crippen LogP contribution in [-0.4, -0.2) is 38.9 Å². The predicted molar refractivity (Wildman–Crippen MR) is 47.2 cm³/mol. The minimum atomic E-state index is -1.57. The molecule has 0 fully saturated rings. The van der Waals surface area contributed by atoms with Crippen molar-refractivity contribution in [3.8, 4) is 0 Å². The van der Waals surface area contributed by atoms with E-state index in [9.17, 15) is 14.4 Å². The van der Waals surface area contributed by atoms with Gasteiger partial charge in [-0.05, 0) is 13.8 Å². The van der Waals surface area contributed by atoms with Gasteiger partial charge in [0.2, 0.25) is 0 Å². The van der Waals surface area contributed by atoms with Crippen molar-refractivity contribution in [3.63, 3.8) is 0 Å². The Hall–Kier alpha value is -1.57. The van der Waals surface area contributed by atoms with Crippen molar-refractivity contribution in [2.45, 2.75) is 19.4 Å². The molecule has 0 saturated heterocycles. The van der Waals surface area contributed by atoms with E-state index in [4.69, 9.17) is 4.65 Å². The summed E-state index contributed by atoms with van der Waals surface area (Å²) < 4.78 is 17.8. The first-order chi connectivity index (χ1) is 6.97. The highest BCUT2D eigenvalue weighted by atomic mass is 16.8. The van der Waals surface area contributed by atoms with Gasteiger partial charge in [-0.15, -0.1) is 0 Å². The van der Waals surface area contributed by atoms with Gasteiger partial charge in [-0.3, -0.25) is 9.59 Å². The van der Waals surface area contributed by atoms with Crippen LogP contribution in [0, 0.1) is 0 Å². The lowest BCUT2D eigenvalue weighted by Gasteiger charge is -2.23. The maximum atomic E-state index is 11.1. The minimum Gasteiger partial charge on any atom is -0.476 e. The summed E-state index contributed by atoms with van der Waals surface area (Å²) in [5, 5.41) is 0. The molecule has 0 aromatic rings. The smallest absolute Gasteiger partial charge is 0.476 e. The second-order valence-corrected chi connectivity index (χ2v) is 2.87. The van der Waals surface area contributed by atoms with Gasteiger partial charge in [0.05, 0.1) is 7.11 Å². The maximum Gasteiger partial charge on any atom is 0.792 e. The normalized spacial score (nSPS) is 10.1. The molecule has 0 aliphatic carbocycles. The Kier molecular flexibility index (Phi) is 5.39. The predicted octanol–water partition coefficient (Wildman–Crippen LogP) is -0.715. The molecule has 0 radical (unpaired) electrons. The average Bonchev–Trinajstić information content (AvgIpc) is 2.16. The molecular weight excluding hydrogens is 207 g/mol. The summed E-state index contributed by atoms with van der Waals surface area (Å²) in [6.45, 7) is 2.80. The van der Waals surface area contributed by atoms with E-state index in [1.165, 1.54) is 21.0 Å². The van der Waals surface area contributed by atoms with Crippen molar-refractivity contribution in [3.05, 3.63) is 0 Å². The molecule has 0 unspecified atom stereocenters. The Labute approximate surface area is 86.8 Å². The molecule has 0 amide bonds. The molecule has 0 bridgehead atoms. The molecule has 0 heterocycles. The molecule has 0 spiro atoms. The number of rotatable bonds is 7. The highest BCUT2D eigenvalue weighted by molar-refractivity contribution is 6.40. The summed E-state index contributed by atoms with van der Waals surface area (Å²) in [7, 11) is -0.405. The molecule has 0 N–H and O–H groups in total. The molecule has 8 heteroatoms. The lowest BCUT2D eigenvalue weighted by molar-refractivity contribution is -0.160. The van der Waals surface area contributed by atoms with Crippen LogP contribution in [0.4, 0.5) is 0 Å². The molecule has 0 aromatic carbocycles. The van der Waals surface area contributed by atoms with Crippen LogP contribution in [0.3, 0.4) is 0 Å². The van der Waals surface area contributed by atoms with Crippen molar-refractivity contribution in [1.29, 1.82) is 0 Å². The van der Waals surface area contributed by atoms with Crippen LogP contribution in [0.1, 0.15) is 13.8 Å². The molecule has 0 atom stereocenters. The lowest BCUT2D eigenvalue weighted by atomic mass is 10.1. The van der Waals surface area contributed by atoms with E-state index in [1.807, 2.05) is 0 Å². The van der Waals surface area contributed by atoms with Crippen LogP contribution in [-0.2, 0) is 33.1 Å². The third-order valence-electron chi connectivity index (χ3n) is 1.40. The molecule has 15 heavy (non-hydrogen) atoms. The average molecular weight is 218 g/mol. The van der Waals surface area contributed by atoms with Crippen molar-refractivity contribution in [1.82, 2.24) is 0 Å². The third-order valence-corrected chi connectivity index (χ3v) is 1.40. The summed E-state index contributed by atoms with van der Waals surface area (Å²) in [6, 6.07) is 0. The van der Waals surface area contributed by atoms with E-state index in [1.54, 1.807) is 0 Å². The molecule has 0 aromatic heterocycles. The highest BCUT2D eigenvalue weighted by Crippen LogP contribution is 2.13. The van der Waals surface area contributed by atoms with Gasteiger partial charge < -0.3 is 18.7 Å². The van der Waals surface area contributed by atoms with Crippen molar-refractivity contribution >= 4 is 26.2 Å². The number of ether oxygens (including phenoxy) is 1. The summed E-state index contributed by atoms with van der Waals surface area (Å²) in [5.41, 5.74) is -1.40. The van der Waals surface area contributed by atoms with E-state index < -0.39 is 18.9 Å². The number of carbonyl (C=O) groups is 3. The number of methoxy groups -OCH3 is 1. The van der Waals surface area contributed by atoms with Gasteiger partial charge in [-0.2, -0.15) is 0 Å². The Morgan fingerprint density at radius 3 is 2.00 bits per heavy atom. The summed E-state index contributed by atoms with van der Waals surface area (Å²) in [5.74, 6) is -0.698. The summed E-state index contributed by atoms with van der Waals surface area (Å²) >= 11 is 0. The van der Waals surface area contributed by atoms with Crippen LogP contribution in [0.2, 0.25) is 0 Å². The fraction of sp³-hybridized carbons (Fsp3) is 0.571. The zero-order valence-electron chi connectivity index (χ0n) is 8.59. The molecule has 0 rings (SSSR count). The van der Waals surface area contributed by atoms with Crippen molar-refractivity contribution < 1.29 is 33.1 Å². The van der Waals surface area contributed by atoms with Gasteiger partial charge in [0.15, 0.2) is 5.60 Å². The van der Waals surface area contributed by atoms with Gasteiger partial charge in [0.1, 0.15) is 0 Å². The standard InChI is InChI=1S/C7H11BO7/c1-7(2,6(11)12-3)15-8(13-4-9)14-5-10/h4-5H,1-3H3. The topological polar surface area (TPSA) is 88.1 Å². The van der Waals surface area contributed by atoms with Gasteiger partial charge >= 0.3 is 13.3 Å². The second-order valence-electron chi connectivity index (χ2n) is 2.87. The van der Waals surface area contributed by atoms with E-state index in [0.29, 0.717) is 0 Å². The molecule has 84 valence electrons. The molecule has 0 aliphatic heterocycles. The zero-order chi connectivity index (χ0) is 11.9. The Morgan fingerprint density at radius 1 is 1.20 bits per heavy atom. The minimum absolute atomic E-state index is 0.0293. The SMILES string of the molecule is COC(=O)C(C)(C)OB(OC=O)OC=O. The Balaban J connectivity index is 4.42. The number of hydrogen-bond donors (Lipinski definition) is 0. The van der Waals surface area contributed by atoms with Crippen LogP contribution in [0.15, 0.2) is 0 Å². The number of esters is 1. The maximum absolute atomic E-state index is 11.1. The zero-order valence-corrected chi connectivity index (χ0v) is 8.59. The van der Waals surface area contributed by atoms with Crippen LogP contribution >= 0.6 is 0 Å². The summed E-state index contributed by atoms with van der Waals surface area (Å²) in [4.78, 5) is 31.1. The molecule has 0 saturated carbocycles. The van der Waals surface area contributed by atoms with Gasteiger partial charge in [-0.1, -0.05) is 0 Å². The Bertz CT molecular complexity index is 229. The number of carbonyl (C=O) groups excluding carboxylic acids is 3. The molecule has 0 aliphatic rings. The summed E-state index contributed by atoms with van der Waals surface area (Å²) in [6.07, 6.45) is 0. The fourth-order valence-electron chi connectivity index (χ4n) is 0.713. The highest BCUT2D eigenvalue weighted by Gasteiger charge is 2.40. The molecule has 7 nitrogen and oxygen atoms in total. The fourth-order valence-corrected chi connectivity index (χ4v) is 0.713. The van der Waals surface area contributed by atoms with Crippen LogP contribution < -0.4 is 0 Å². The van der Waals surface area contributed by atoms with E-state index >= 15 is 0 Å². The van der Waals surface area contributed by atoms with Crippen LogP contribution in [0.5, 0.6) is 0 Å². The van der Waals surface area contributed by atoms with Gasteiger partial charge in [0, 0.05) is 0 Å².